The van der Waals surface area contributed by atoms with E-state index in [1.807, 2.05) is 26.8 Å². The predicted molar refractivity (Wildman–Crippen MR) is 79.7 cm³/mol. The molecule has 0 aliphatic rings. The molecule has 0 amide bonds. The Kier molecular flexibility index (Phi) is 4.52. The monoisotopic (exact) mass is 286 g/mol. The van der Waals surface area contributed by atoms with E-state index in [-0.39, 0.29) is 11.5 Å². The molecule has 2 aromatic rings. The molecule has 21 heavy (non-hydrogen) atoms. The van der Waals surface area contributed by atoms with Gasteiger partial charge >= 0.3 is 5.97 Å². The molecule has 0 bridgehead atoms. The molecule has 0 saturated heterocycles. The number of nitrogens with zero attached hydrogens (tertiary/aromatic N) is 2. The molecule has 5 nitrogen and oxygen atoms in total. The van der Waals surface area contributed by atoms with E-state index < -0.39 is 5.97 Å². The smallest absolute Gasteiger partial charge is 0.339 e. The maximum Gasteiger partial charge on any atom is 0.339 e. The molecule has 0 saturated carbocycles. The van der Waals surface area contributed by atoms with Gasteiger partial charge in [0.05, 0.1) is 12.3 Å². The van der Waals surface area contributed by atoms with Gasteiger partial charge in [0, 0.05) is 17.7 Å². The maximum atomic E-state index is 11.3. The number of aromatic nitrogens is 2. The van der Waals surface area contributed by atoms with Crippen LogP contribution < -0.4 is 4.74 Å². The summed E-state index contributed by atoms with van der Waals surface area (Å²) in [6.07, 6.45) is 1.69. The molecule has 110 valence electrons. The Labute approximate surface area is 123 Å². The van der Waals surface area contributed by atoms with Crippen LogP contribution in [-0.4, -0.2) is 27.7 Å². The van der Waals surface area contributed by atoms with E-state index in [1.54, 1.807) is 24.4 Å². The molecule has 1 heterocycles. The van der Waals surface area contributed by atoms with Gasteiger partial charge < -0.3 is 9.84 Å². The number of aromatic carboxylic acids is 1. The number of ether oxygens (including phenoxy) is 1. The molecule has 0 atom stereocenters. The van der Waals surface area contributed by atoms with Gasteiger partial charge in [0.15, 0.2) is 0 Å². The van der Waals surface area contributed by atoms with Gasteiger partial charge in [-0.3, -0.25) is 0 Å². The second-order valence-electron chi connectivity index (χ2n) is 4.90. The van der Waals surface area contributed by atoms with Crippen molar-refractivity contribution in [3.05, 3.63) is 41.9 Å². The molecule has 0 fully saturated rings. The topological polar surface area (TPSA) is 72.3 Å². The van der Waals surface area contributed by atoms with E-state index in [2.05, 4.69) is 9.97 Å². The second-order valence-corrected chi connectivity index (χ2v) is 4.90. The number of carbonyl (C=O) groups is 1. The predicted octanol–water partition coefficient (Wildman–Crippen LogP) is 3.36. The molecular formula is C16H18N2O3. The molecule has 1 aromatic carbocycles. The van der Waals surface area contributed by atoms with Crippen LogP contribution in [0.4, 0.5) is 0 Å². The standard InChI is InChI=1S/C16H18N2O3/c1-4-21-14-6-5-11(9-12(14)16(19)20)13-7-8-17-15(18-13)10(2)3/h5-10H,4H2,1-3H3,(H,19,20). The molecule has 1 N–H and O–H groups in total. The van der Waals surface area contributed by atoms with Gasteiger partial charge in [0.1, 0.15) is 17.1 Å². The zero-order chi connectivity index (χ0) is 15.4. The molecule has 0 unspecified atom stereocenters. The van der Waals surface area contributed by atoms with Gasteiger partial charge in [0.25, 0.3) is 0 Å². The summed E-state index contributed by atoms with van der Waals surface area (Å²) in [5.41, 5.74) is 1.58. The SMILES string of the molecule is CCOc1ccc(-c2ccnc(C(C)C)n2)cc1C(=O)O. The number of carboxylic acid groups (broad SMARTS) is 1. The van der Waals surface area contributed by atoms with Gasteiger partial charge in [0.2, 0.25) is 0 Å². The number of carboxylic acids is 1. The Morgan fingerprint density at radius 3 is 2.71 bits per heavy atom. The molecule has 0 radical (unpaired) electrons. The number of hydrogen-bond acceptors (Lipinski definition) is 4. The minimum atomic E-state index is -1.02. The molecule has 0 aliphatic heterocycles. The Balaban J connectivity index is 2.47. The van der Waals surface area contributed by atoms with Gasteiger partial charge in [-0.2, -0.15) is 0 Å². The van der Waals surface area contributed by atoms with E-state index >= 15 is 0 Å². The lowest BCUT2D eigenvalue weighted by Crippen LogP contribution is -2.04. The van der Waals surface area contributed by atoms with Crippen LogP contribution in [0.1, 0.15) is 42.9 Å². The average Bonchev–Trinajstić information content (AvgIpc) is 2.48. The lowest BCUT2D eigenvalue weighted by molar-refractivity contribution is 0.0692. The van der Waals surface area contributed by atoms with Crippen molar-refractivity contribution in [1.29, 1.82) is 0 Å². The zero-order valence-corrected chi connectivity index (χ0v) is 12.3. The van der Waals surface area contributed by atoms with Crippen LogP contribution in [0.5, 0.6) is 5.75 Å². The van der Waals surface area contributed by atoms with Gasteiger partial charge in [-0.05, 0) is 31.2 Å². The first-order valence-corrected chi connectivity index (χ1v) is 6.86. The fraction of sp³-hybridized carbons (Fsp3) is 0.312. The van der Waals surface area contributed by atoms with Crippen LogP contribution in [0.3, 0.4) is 0 Å². The van der Waals surface area contributed by atoms with Crippen molar-refractivity contribution in [1.82, 2.24) is 9.97 Å². The summed E-state index contributed by atoms with van der Waals surface area (Å²) in [6.45, 7) is 6.27. The third-order valence-electron chi connectivity index (χ3n) is 3.00. The highest BCUT2D eigenvalue weighted by Crippen LogP contribution is 2.26. The molecule has 2 rings (SSSR count). The highest BCUT2D eigenvalue weighted by atomic mass is 16.5. The van der Waals surface area contributed by atoms with Crippen LogP contribution >= 0.6 is 0 Å². The van der Waals surface area contributed by atoms with Gasteiger partial charge in [-0.25, -0.2) is 14.8 Å². The second kappa shape index (κ2) is 6.35. The van der Waals surface area contributed by atoms with E-state index in [1.165, 1.54) is 0 Å². The van der Waals surface area contributed by atoms with Crippen molar-refractivity contribution < 1.29 is 14.6 Å². The largest absolute Gasteiger partial charge is 0.493 e. The summed E-state index contributed by atoms with van der Waals surface area (Å²) in [5.74, 6) is 0.301. The van der Waals surface area contributed by atoms with Crippen molar-refractivity contribution >= 4 is 5.97 Å². The molecular weight excluding hydrogens is 268 g/mol. The van der Waals surface area contributed by atoms with E-state index in [4.69, 9.17) is 4.74 Å². The molecule has 1 aromatic heterocycles. The molecule has 5 heteroatoms. The lowest BCUT2D eigenvalue weighted by Gasteiger charge is -2.10. The minimum absolute atomic E-state index is 0.138. The number of hydrogen-bond donors (Lipinski definition) is 1. The van der Waals surface area contributed by atoms with Gasteiger partial charge in [-0.1, -0.05) is 13.8 Å². The van der Waals surface area contributed by atoms with Crippen molar-refractivity contribution in [2.75, 3.05) is 6.61 Å². The Morgan fingerprint density at radius 1 is 1.33 bits per heavy atom. The van der Waals surface area contributed by atoms with Gasteiger partial charge in [-0.15, -0.1) is 0 Å². The number of rotatable bonds is 5. The summed E-state index contributed by atoms with van der Waals surface area (Å²) in [6, 6.07) is 6.83. The summed E-state index contributed by atoms with van der Waals surface area (Å²) in [5, 5.41) is 9.29. The first-order chi connectivity index (χ1) is 10.0. The fourth-order valence-electron chi connectivity index (χ4n) is 1.95. The maximum absolute atomic E-state index is 11.3. The third kappa shape index (κ3) is 3.37. The number of benzene rings is 1. The van der Waals surface area contributed by atoms with Crippen LogP contribution in [0.15, 0.2) is 30.5 Å². The summed E-state index contributed by atoms with van der Waals surface area (Å²) in [7, 11) is 0. The fourth-order valence-corrected chi connectivity index (χ4v) is 1.95. The third-order valence-corrected chi connectivity index (χ3v) is 3.00. The van der Waals surface area contributed by atoms with Crippen molar-refractivity contribution in [2.45, 2.75) is 26.7 Å². The Morgan fingerprint density at radius 2 is 2.10 bits per heavy atom. The highest BCUT2D eigenvalue weighted by molar-refractivity contribution is 5.92. The molecule has 0 aliphatic carbocycles. The van der Waals surface area contributed by atoms with E-state index in [9.17, 15) is 9.90 Å². The lowest BCUT2D eigenvalue weighted by atomic mass is 10.1. The van der Waals surface area contributed by atoms with E-state index in [0.29, 0.717) is 18.1 Å². The first-order valence-electron chi connectivity index (χ1n) is 6.86. The van der Waals surface area contributed by atoms with Crippen molar-refractivity contribution in [3.63, 3.8) is 0 Å². The first kappa shape index (κ1) is 15.0. The highest BCUT2D eigenvalue weighted by Gasteiger charge is 2.14. The Hall–Kier alpha value is -2.43. The summed E-state index contributed by atoms with van der Waals surface area (Å²) >= 11 is 0. The summed E-state index contributed by atoms with van der Waals surface area (Å²) in [4.78, 5) is 20.0. The average molecular weight is 286 g/mol. The van der Waals surface area contributed by atoms with Crippen LogP contribution in [0, 0.1) is 0 Å². The van der Waals surface area contributed by atoms with Crippen molar-refractivity contribution in [3.8, 4) is 17.0 Å². The van der Waals surface area contributed by atoms with Crippen LogP contribution in [0.25, 0.3) is 11.3 Å². The van der Waals surface area contributed by atoms with Crippen LogP contribution in [0.2, 0.25) is 0 Å². The quantitative estimate of drug-likeness (QED) is 0.912. The molecule has 0 spiro atoms. The Bertz CT molecular complexity index is 654. The minimum Gasteiger partial charge on any atom is -0.493 e. The zero-order valence-electron chi connectivity index (χ0n) is 12.3. The van der Waals surface area contributed by atoms with E-state index in [0.717, 1.165) is 11.4 Å². The van der Waals surface area contributed by atoms with Crippen molar-refractivity contribution in [2.24, 2.45) is 0 Å². The van der Waals surface area contributed by atoms with Crippen LogP contribution in [-0.2, 0) is 0 Å². The summed E-state index contributed by atoms with van der Waals surface area (Å²) < 4.78 is 5.34. The normalized spacial score (nSPS) is 10.7.